The molecule has 2 fully saturated rings. The molecule has 3 atom stereocenters. The third kappa shape index (κ3) is 7.51. The van der Waals surface area contributed by atoms with Crippen LogP contribution in [-0.4, -0.2) is 79.8 Å². The number of alkyl halides is 2. The third-order valence-corrected chi connectivity index (χ3v) is 8.73. The number of likely N-dealkylation sites (tertiary alicyclic amines) is 2. The van der Waals surface area contributed by atoms with Gasteiger partial charge in [-0.25, -0.2) is 18.6 Å². The number of ether oxygens (including phenoxy) is 2. The maximum absolute atomic E-state index is 15.8. The normalized spacial score (nSPS) is 22.9. The number of piperidine rings is 2. The summed E-state index contributed by atoms with van der Waals surface area (Å²) in [6, 6.07) is 15.4. The fraction of sp³-hybridized carbons (Fsp3) is 0.455. The average Bonchev–Trinajstić information content (AvgIpc) is 3.02. The van der Waals surface area contributed by atoms with E-state index in [0.717, 1.165) is 21.4 Å². The SMILES string of the molecule is CC(C)(C)OC(=O)N1CC[C@@H](C(=O)N2CC[C@](O)(Cn3cnc(Oc4ccc(Cl)cc4)c(N)c3=O)C(F)(F)C2)[C@H](c2ccccc2)C1. The van der Waals surface area contributed by atoms with Crippen LogP contribution in [0, 0.1) is 5.92 Å². The second-order valence-corrected chi connectivity index (χ2v) is 13.5. The molecular formula is C33H38ClF2N5O6. The molecule has 0 radical (unpaired) electrons. The van der Waals surface area contributed by atoms with Crippen LogP contribution in [-0.2, 0) is 16.1 Å². The van der Waals surface area contributed by atoms with Crippen molar-refractivity contribution in [2.24, 2.45) is 5.92 Å². The zero-order valence-corrected chi connectivity index (χ0v) is 27.1. The first kappa shape index (κ1) is 34.1. The molecule has 0 bridgehead atoms. The molecule has 47 heavy (non-hydrogen) atoms. The summed E-state index contributed by atoms with van der Waals surface area (Å²) in [5.74, 6) is -5.33. The van der Waals surface area contributed by atoms with Gasteiger partial charge in [-0.05, 0) is 57.0 Å². The van der Waals surface area contributed by atoms with Gasteiger partial charge in [0.1, 0.15) is 23.3 Å². The molecule has 0 spiro atoms. The van der Waals surface area contributed by atoms with E-state index in [1.165, 1.54) is 0 Å². The average molecular weight is 674 g/mol. The summed E-state index contributed by atoms with van der Waals surface area (Å²) in [5, 5.41) is 11.7. The number of nitrogens with zero attached hydrogens (tertiary/aromatic N) is 4. The van der Waals surface area contributed by atoms with Gasteiger partial charge in [-0.15, -0.1) is 0 Å². The van der Waals surface area contributed by atoms with Crippen molar-refractivity contribution in [3.05, 3.63) is 81.9 Å². The number of amides is 2. The number of carbonyl (C=O) groups is 2. The number of nitrogen functional groups attached to an aromatic ring is 1. The highest BCUT2D eigenvalue weighted by atomic mass is 35.5. The number of rotatable bonds is 6. The zero-order chi connectivity index (χ0) is 34.1. The predicted octanol–water partition coefficient (Wildman–Crippen LogP) is 4.91. The van der Waals surface area contributed by atoms with Gasteiger partial charge >= 0.3 is 6.09 Å². The number of halogens is 3. The largest absolute Gasteiger partial charge is 0.444 e. The molecule has 2 aliphatic heterocycles. The summed E-state index contributed by atoms with van der Waals surface area (Å²) in [6.45, 7) is 3.67. The number of hydrogen-bond donors (Lipinski definition) is 2. The van der Waals surface area contributed by atoms with E-state index in [1.807, 2.05) is 30.3 Å². The Morgan fingerprint density at radius 1 is 1.09 bits per heavy atom. The van der Waals surface area contributed by atoms with Crippen LogP contribution in [0.3, 0.4) is 0 Å². The zero-order valence-electron chi connectivity index (χ0n) is 26.4. The van der Waals surface area contributed by atoms with Crippen LogP contribution >= 0.6 is 11.6 Å². The van der Waals surface area contributed by atoms with E-state index in [4.69, 9.17) is 26.8 Å². The Morgan fingerprint density at radius 2 is 1.77 bits per heavy atom. The maximum atomic E-state index is 15.8. The first-order chi connectivity index (χ1) is 22.1. The van der Waals surface area contributed by atoms with Crippen LogP contribution in [0.25, 0.3) is 0 Å². The molecular weight excluding hydrogens is 636 g/mol. The first-order valence-corrected chi connectivity index (χ1v) is 15.6. The van der Waals surface area contributed by atoms with Gasteiger partial charge in [-0.1, -0.05) is 41.9 Å². The molecule has 0 aliphatic carbocycles. The van der Waals surface area contributed by atoms with Gasteiger partial charge in [0.05, 0.1) is 13.1 Å². The fourth-order valence-electron chi connectivity index (χ4n) is 5.94. The lowest BCUT2D eigenvalue weighted by Gasteiger charge is -2.46. The fourth-order valence-corrected chi connectivity index (χ4v) is 6.07. The molecule has 5 rings (SSSR count). The van der Waals surface area contributed by atoms with Crippen molar-refractivity contribution in [2.75, 3.05) is 31.9 Å². The van der Waals surface area contributed by atoms with Crippen molar-refractivity contribution < 1.29 is 33.0 Å². The Balaban J connectivity index is 1.30. The highest BCUT2D eigenvalue weighted by Crippen LogP contribution is 2.41. The van der Waals surface area contributed by atoms with Gasteiger partial charge in [0.2, 0.25) is 11.8 Å². The Morgan fingerprint density at radius 3 is 2.40 bits per heavy atom. The van der Waals surface area contributed by atoms with Crippen molar-refractivity contribution in [2.45, 2.75) is 63.2 Å². The van der Waals surface area contributed by atoms with E-state index in [2.05, 4.69) is 4.98 Å². The summed E-state index contributed by atoms with van der Waals surface area (Å²) in [4.78, 5) is 46.4. The Hall–Kier alpha value is -4.23. The van der Waals surface area contributed by atoms with Crippen molar-refractivity contribution in [1.82, 2.24) is 19.4 Å². The summed E-state index contributed by atoms with van der Waals surface area (Å²) in [7, 11) is 0. The van der Waals surface area contributed by atoms with Crippen LogP contribution < -0.4 is 16.0 Å². The summed E-state index contributed by atoms with van der Waals surface area (Å²) >= 11 is 5.88. The van der Waals surface area contributed by atoms with E-state index >= 15 is 8.78 Å². The minimum atomic E-state index is -3.78. The summed E-state index contributed by atoms with van der Waals surface area (Å²) < 4.78 is 43.5. The number of nitrogens with two attached hydrogens (primary N) is 1. The van der Waals surface area contributed by atoms with Crippen LogP contribution in [0.4, 0.5) is 19.3 Å². The van der Waals surface area contributed by atoms with Crippen molar-refractivity contribution in [1.29, 1.82) is 0 Å². The predicted molar refractivity (Wildman–Crippen MR) is 171 cm³/mol. The Labute approximate surface area is 275 Å². The number of aromatic nitrogens is 2. The molecule has 2 aliphatic rings. The molecule has 11 nitrogen and oxygen atoms in total. The highest BCUT2D eigenvalue weighted by Gasteiger charge is 2.58. The molecule has 0 saturated carbocycles. The molecule has 0 unspecified atom stereocenters. The first-order valence-electron chi connectivity index (χ1n) is 15.3. The van der Waals surface area contributed by atoms with Gasteiger partial charge < -0.3 is 30.1 Å². The molecule has 1 aromatic heterocycles. The van der Waals surface area contributed by atoms with Gasteiger partial charge in [-0.2, -0.15) is 0 Å². The smallest absolute Gasteiger partial charge is 0.410 e. The summed E-state index contributed by atoms with van der Waals surface area (Å²) in [5.41, 5.74) is 2.07. The third-order valence-electron chi connectivity index (χ3n) is 8.48. The number of aliphatic hydroxyl groups is 1. The molecule has 2 amide bonds. The van der Waals surface area contributed by atoms with Crippen molar-refractivity contribution in [3.63, 3.8) is 0 Å². The molecule has 252 valence electrons. The van der Waals surface area contributed by atoms with Crippen LogP contribution in [0.1, 0.15) is 45.1 Å². The van der Waals surface area contributed by atoms with E-state index < -0.39 is 71.7 Å². The van der Waals surface area contributed by atoms with Gasteiger partial charge in [0.15, 0.2) is 5.69 Å². The highest BCUT2D eigenvalue weighted by molar-refractivity contribution is 6.30. The van der Waals surface area contributed by atoms with E-state index in [9.17, 15) is 19.5 Å². The lowest BCUT2D eigenvalue weighted by atomic mass is 9.79. The van der Waals surface area contributed by atoms with Crippen LogP contribution in [0.2, 0.25) is 5.02 Å². The molecule has 3 N–H and O–H groups in total. The maximum Gasteiger partial charge on any atom is 0.410 e. The minimum Gasteiger partial charge on any atom is -0.444 e. The van der Waals surface area contributed by atoms with Crippen molar-refractivity contribution >= 4 is 29.3 Å². The quantitative estimate of drug-likeness (QED) is 0.376. The van der Waals surface area contributed by atoms with Gasteiger partial charge in [0.25, 0.3) is 11.5 Å². The Bertz CT molecular complexity index is 1670. The van der Waals surface area contributed by atoms with E-state index in [-0.39, 0.29) is 31.9 Å². The number of carbonyl (C=O) groups excluding carboxylic acids is 2. The second-order valence-electron chi connectivity index (χ2n) is 13.0. The molecule has 3 heterocycles. The summed E-state index contributed by atoms with van der Waals surface area (Å²) in [6.07, 6.45) is 0.218. The minimum absolute atomic E-state index is 0.172. The van der Waals surface area contributed by atoms with Gasteiger partial charge in [-0.3, -0.25) is 14.2 Å². The molecule has 2 aromatic carbocycles. The van der Waals surface area contributed by atoms with Crippen LogP contribution in [0.15, 0.2) is 65.7 Å². The van der Waals surface area contributed by atoms with Crippen molar-refractivity contribution in [3.8, 4) is 11.6 Å². The monoisotopic (exact) mass is 673 g/mol. The Kier molecular flexibility index (Phi) is 9.52. The van der Waals surface area contributed by atoms with E-state index in [1.54, 1.807) is 49.9 Å². The van der Waals surface area contributed by atoms with Crippen LogP contribution in [0.5, 0.6) is 11.6 Å². The van der Waals surface area contributed by atoms with E-state index in [0.29, 0.717) is 10.8 Å². The second kappa shape index (κ2) is 13.1. The standard InChI is InChI=1S/C33H38ClF2N5O6/c1-31(2,3)47-30(44)39-15-13-24(25(17-39)21-7-5-4-6-8-21)28(42)40-16-14-32(45,33(35,36)19-40)18-41-20-38-27(26(37)29(41)43)46-23-11-9-22(34)10-12-23/h4-12,20,24-25,45H,13-19,37H2,1-3H3/t24-,25+,32+/m1/s1. The number of hydrogen-bond acceptors (Lipinski definition) is 8. The molecule has 3 aromatic rings. The molecule has 2 saturated heterocycles. The lowest BCUT2D eigenvalue weighted by Crippen LogP contribution is -2.64. The van der Waals surface area contributed by atoms with Gasteiger partial charge in [0, 0.05) is 42.9 Å². The molecule has 14 heteroatoms. The number of anilines is 1. The topological polar surface area (TPSA) is 140 Å². The lowest BCUT2D eigenvalue weighted by molar-refractivity contribution is -0.223. The number of benzene rings is 2.